The number of alkyl halides is 3. The van der Waals surface area contributed by atoms with Crippen LogP contribution in [-0.4, -0.2) is 14.2 Å². The summed E-state index contributed by atoms with van der Waals surface area (Å²) in [7, 11) is 0. The van der Waals surface area contributed by atoms with E-state index in [1.54, 1.807) is 12.1 Å². The van der Waals surface area contributed by atoms with Crippen LogP contribution in [0.2, 0.25) is 0 Å². The molecule has 0 saturated carbocycles. The Morgan fingerprint density at radius 1 is 0.741 bits per heavy atom. The SMILES string of the molecule is Cc1cc(C)c([I+]c2ccc(C(F)(F)F)cc2)c(C)c1.F[As-](F)(F)(F)(F)F. The average Bonchev–Trinajstić information content (AvgIpc) is 2.39. The van der Waals surface area contributed by atoms with Gasteiger partial charge in [0.2, 0.25) is 0 Å². The van der Waals surface area contributed by atoms with Crippen molar-refractivity contribution in [2.24, 2.45) is 0 Å². The second-order valence-electron chi connectivity index (χ2n) is 5.77. The average molecular weight is 580 g/mol. The van der Waals surface area contributed by atoms with Crippen molar-refractivity contribution in [2.45, 2.75) is 26.9 Å². The van der Waals surface area contributed by atoms with Crippen LogP contribution in [0.15, 0.2) is 36.4 Å². The molecule has 0 bridgehead atoms. The second kappa shape index (κ2) is 7.17. The molecule has 0 amide bonds. The molecule has 154 valence electrons. The first kappa shape index (κ1) is 24.1. The molecule has 0 fully saturated rings. The van der Waals surface area contributed by atoms with Gasteiger partial charge in [-0.25, -0.2) is 0 Å². The van der Waals surface area contributed by atoms with E-state index in [9.17, 15) is 34.0 Å². The van der Waals surface area contributed by atoms with Crippen molar-refractivity contribution in [3.05, 3.63) is 65.8 Å². The maximum atomic E-state index is 12.5. The van der Waals surface area contributed by atoms with E-state index in [-0.39, 0.29) is 0 Å². The van der Waals surface area contributed by atoms with Gasteiger partial charge in [0.15, 0.2) is 7.14 Å². The van der Waals surface area contributed by atoms with Gasteiger partial charge in [-0.15, -0.1) is 0 Å². The maximum absolute atomic E-state index is 12.5. The van der Waals surface area contributed by atoms with E-state index < -0.39 is 47.1 Å². The normalized spacial score (nSPS) is 14.7. The van der Waals surface area contributed by atoms with E-state index in [2.05, 4.69) is 32.9 Å². The molecule has 0 atom stereocenters. The fourth-order valence-corrected chi connectivity index (χ4v) is 4.63. The number of benzene rings is 2. The predicted octanol–water partition coefficient (Wildman–Crippen LogP) is 3.90. The summed E-state index contributed by atoms with van der Waals surface area (Å²) in [5.41, 5.74) is 3.10. The first-order valence-electron chi connectivity index (χ1n) is 7.19. The van der Waals surface area contributed by atoms with Crippen molar-refractivity contribution in [1.82, 2.24) is 0 Å². The Morgan fingerprint density at radius 2 is 1.11 bits per heavy atom. The van der Waals surface area contributed by atoms with Crippen LogP contribution >= 0.6 is 0 Å². The van der Waals surface area contributed by atoms with Gasteiger partial charge >= 0.3 is 62.4 Å². The molecule has 0 aromatic heterocycles. The first-order chi connectivity index (χ1) is 11.7. The molecule has 27 heavy (non-hydrogen) atoms. The molecular formula is C16H15AsF9I. The summed E-state index contributed by atoms with van der Waals surface area (Å²) in [5.74, 6) is 0. The summed E-state index contributed by atoms with van der Waals surface area (Å²) in [4.78, 5) is 0. The monoisotopic (exact) mass is 580 g/mol. The van der Waals surface area contributed by atoms with Crippen LogP contribution in [0.4, 0.5) is 34.0 Å². The summed E-state index contributed by atoms with van der Waals surface area (Å²) in [6, 6.07) is 9.82. The summed E-state index contributed by atoms with van der Waals surface area (Å²) in [6.45, 7) is 6.19. The summed E-state index contributed by atoms with van der Waals surface area (Å²) < 4.78 is 99.3. The van der Waals surface area contributed by atoms with Crippen LogP contribution in [0.5, 0.6) is 0 Å². The van der Waals surface area contributed by atoms with Crippen molar-refractivity contribution in [3.8, 4) is 0 Å². The first-order valence-corrected chi connectivity index (χ1v) is 13.6. The number of hydrogen-bond donors (Lipinski definition) is 0. The van der Waals surface area contributed by atoms with Crippen molar-refractivity contribution in [3.63, 3.8) is 0 Å². The van der Waals surface area contributed by atoms with Crippen LogP contribution in [0.25, 0.3) is 0 Å². The van der Waals surface area contributed by atoms with Gasteiger partial charge in [0.1, 0.15) is 0 Å². The number of hydrogen-bond acceptors (Lipinski definition) is 0. The van der Waals surface area contributed by atoms with Crippen molar-refractivity contribution < 1.29 is 55.2 Å². The molecule has 0 aliphatic heterocycles. The molecule has 0 spiro atoms. The van der Waals surface area contributed by atoms with Crippen molar-refractivity contribution >= 4 is 14.2 Å². The van der Waals surface area contributed by atoms with Crippen LogP contribution in [0.3, 0.4) is 0 Å². The summed E-state index contributed by atoms with van der Waals surface area (Å²) in [5, 5.41) is 0. The topological polar surface area (TPSA) is 0 Å². The zero-order valence-electron chi connectivity index (χ0n) is 14.2. The Bertz CT molecular complexity index is 772. The third-order valence-corrected chi connectivity index (χ3v) is 6.54. The molecular weight excluding hydrogens is 565 g/mol. The third kappa shape index (κ3) is 10.9. The van der Waals surface area contributed by atoms with Gasteiger partial charge in [-0.3, -0.25) is 0 Å². The Balaban J connectivity index is 0.000000445. The standard InChI is InChI=1S/C16H15F3I.AsF6/c1-10-8-11(2)15(12(3)9-10)20-14-6-4-13(5-7-14)16(17,18)19;2-1(3,4,5,6)7/h4-9H,1-3H3;/q+1;-1. The summed E-state index contributed by atoms with van der Waals surface area (Å²) >= 11 is -11.5. The molecule has 11 heteroatoms. The molecule has 0 unspecified atom stereocenters. The fraction of sp³-hybridized carbons (Fsp3) is 0.250. The second-order valence-corrected chi connectivity index (χ2v) is 12.7. The minimum atomic E-state index is -11.1. The van der Waals surface area contributed by atoms with E-state index in [0.29, 0.717) is 0 Å². The molecule has 0 aliphatic carbocycles. The van der Waals surface area contributed by atoms with Gasteiger partial charge < -0.3 is 0 Å². The minimum absolute atomic E-state index is 0.444. The number of aryl methyl sites for hydroxylation is 3. The zero-order valence-corrected chi connectivity index (χ0v) is 18.2. The van der Waals surface area contributed by atoms with E-state index in [4.69, 9.17) is 0 Å². The van der Waals surface area contributed by atoms with Crippen molar-refractivity contribution in [1.29, 1.82) is 0 Å². The number of rotatable bonds is 2. The van der Waals surface area contributed by atoms with E-state index in [1.165, 1.54) is 32.4 Å². The Morgan fingerprint density at radius 3 is 1.44 bits per heavy atom. The fourth-order valence-electron chi connectivity index (χ4n) is 2.12. The van der Waals surface area contributed by atoms with Gasteiger partial charge in [0.05, 0.1) is 5.56 Å². The third-order valence-electron chi connectivity index (χ3n) is 2.96. The van der Waals surface area contributed by atoms with Crippen LogP contribution in [0, 0.1) is 27.9 Å². The molecule has 0 N–H and O–H groups in total. The number of halogens is 10. The van der Waals surface area contributed by atoms with Crippen LogP contribution in [0.1, 0.15) is 22.3 Å². The van der Waals surface area contributed by atoms with Gasteiger partial charge in [-0.1, -0.05) is 17.7 Å². The molecule has 2 aromatic rings. The summed E-state index contributed by atoms with van der Waals surface area (Å²) in [6.07, 6.45) is -4.26. The molecule has 0 heterocycles. The Kier molecular flexibility index (Phi) is 6.41. The van der Waals surface area contributed by atoms with Gasteiger partial charge in [-0.05, 0) is 45.0 Å². The quantitative estimate of drug-likeness (QED) is 0.288. The van der Waals surface area contributed by atoms with E-state index in [1.807, 2.05) is 0 Å². The Labute approximate surface area is 161 Å². The van der Waals surface area contributed by atoms with Gasteiger partial charge in [0.25, 0.3) is 0 Å². The Hall–Kier alpha value is -0.902. The molecule has 0 radical (unpaired) electrons. The van der Waals surface area contributed by atoms with Crippen LogP contribution in [-0.2, 0) is 6.18 Å². The predicted molar refractivity (Wildman–Crippen MR) is 81.9 cm³/mol. The van der Waals surface area contributed by atoms with Gasteiger partial charge in [0, 0.05) is 11.1 Å². The van der Waals surface area contributed by atoms with E-state index in [0.717, 1.165) is 3.57 Å². The van der Waals surface area contributed by atoms with E-state index >= 15 is 0 Å². The molecule has 2 aromatic carbocycles. The molecule has 0 nitrogen and oxygen atoms in total. The van der Waals surface area contributed by atoms with Gasteiger partial charge in [-0.2, -0.15) is 13.2 Å². The molecule has 2 rings (SSSR count). The van der Waals surface area contributed by atoms with Crippen molar-refractivity contribution in [2.75, 3.05) is 0 Å². The zero-order chi connectivity index (χ0) is 21.3. The molecule has 0 aliphatic rings. The molecule has 0 saturated heterocycles. The van der Waals surface area contributed by atoms with Crippen LogP contribution < -0.4 is 21.2 Å².